The van der Waals surface area contributed by atoms with E-state index in [0.717, 1.165) is 4.88 Å². The number of nitrogens with zero attached hydrogens (tertiary/aromatic N) is 1. The molecule has 0 saturated carbocycles. The molecule has 1 N–H and O–H groups in total. The molecule has 2 aromatic rings. The van der Waals surface area contributed by atoms with E-state index < -0.39 is 12.0 Å². The van der Waals surface area contributed by atoms with Crippen molar-refractivity contribution in [2.24, 2.45) is 0 Å². The number of rotatable bonds is 6. The van der Waals surface area contributed by atoms with E-state index in [4.69, 9.17) is 21.7 Å². The second kappa shape index (κ2) is 8.60. The number of thiophene rings is 1. The molecular formula is C19H19FN2O3S2. The van der Waals surface area contributed by atoms with E-state index in [-0.39, 0.29) is 12.4 Å². The van der Waals surface area contributed by atoms with Gasteiger partial charge in [-0.3, -0.25) is 4.90 Å². The molecule has 1 aliphatic heterocycles. The highest BCUT2D eigenvalue weighted by molar-refractivity contribution is 7.80. The van der Waals surface area contributed by atoms with E-state index in [9.17, 15) is 9.18 Å². The Kier molecular flexibility index (Phi) is 6.20. The maximum absolute atomic E-state index is 13.3. The second-order valence-electron chi connectivity index (χ2n) is 5.84. The van der Waals surface area contributed by atoms with E-state index in [1.807, 2.05) is 24.4 Å². The van der Waals surface area contributed by atoms with Crippen LogP contribution in [0, 0.1) is 5.82 Å². The Morgan fingerprint density at radius 2 is 2.04 bits per heavy atom. The molecule has 0 bridgehead atoms. The van der Waals surface area contributed by atoms with Crippen molar-refractivity contribution in [1.29, 1.82) is 0 Å². The minimum absolute atomic E-state index is 0.157. The average Bonchev–Trinajstić information content (AvgIpc) is 3.17. The van der Waals surface area contributed by atoms with Crippen molar-refractivity contribution in [2.75, 3.05) is 25.2 Å². The first kappa shape index (κ1) is 19.5. The monoisotopic (exact) mass is 406 g/mol. The molecule has 8 heteroatoms. The molecule has 3 rings (SSSR count). The van der Waals surface area contributed by atoms with Gasteiger partial charge in [-0.2, -0.15) is 0 Å². The van der Waals surface area contributed by atoms with Gasteiger partial charge in [0.15, 0.2) is 5.11 Å². The first-order valence-corrected chi connectivity index (χ1v) is 9.58. The van der Waals surface area contributed by atoms with Gasteiger partial charge >= 0.3 is 5.97 Å². The van der Waals surface area contributed by atoms with E-state index in [0.29, 0.717) is 28.7 Å². The number of nitrogens with one attached hydrogen (secondary N) is 1. The van der Waals surface area contributed by atoms with E-state index in [1.165, 1.54) is 23.5 Å². The Labute approximate surface area is 166 Å². The Bertz CT molecular complexity index is 850. The zero-order valence-electron chi connectivity index (χ0n) is 14.9. The lowest BCUT2D eigenvalue weighted by atomic mass is 10.0. The number of ether oxygens (including phenoxy) is 2. The van der Waals surface area contributed by atoms with Crippen LogP contribution in [0.1, 0.15) is 17.8 Å². The molecule has 1 aromatic carbocycles. The van der Waals surface area contributed by atoms with Crippen molar-refractivity contribution in [2.45, 2.75) is 13.0 Å². The maximum Gasteiger partial charge on any atom is 0.338 e. The number of halogens is 1. The minimum atomic E-state index is -0.440. The molecule has 0 unspecified atom stereocenters. The number of hydrogen-bond donors (Lipinski definition) is 1. The molecule has 0 aliphatic carbocycles. The Morgan fingerprint density at radius 1 is 1.30 bits per heavy atom. The molecule has 1 aromatic heterocycles. The molecule has 0 saturated heterocycles. The topological polar surface area (TPSA) is 50.8 Å². The van der Waals surface area contributed by atoms with Gasteiger partial charge in [0.25, 0.3) is 0 Å². The first-order chi connectivity index (χ1) is 13.0. The normalized spacial score (nSPS) is 17.1. The highest BCUT2D eigenvalue weighted by atomic mass is 32.1. The van der Waals surface area contributed by atoms with Crippen LogP contribution in [0.15, 0.2) is 53.0 Å². The van der Waals surface area contributed by atoms with Crippen molar-refractivity contribution in [3.63, 3.8) is 0 Å². The molecular weight excluding hydrogens is 387 g/mol. The summed E-state index contributed by atoms with van der Waals surface area (Å²) >= 11 is 7.06. The molecule has 0 spiro atoms. The van der Waals surface area contributed by atoms with Crippen molar-refractivity contribution in [3.8, 4) is 0 Å². The van der Waals surface area contributed by atoms with Gasteiger partial charge in [0.05, 0.1) is 18.2 Å². The molecule has 27 heavy (non-hydrogen) atoms. The molecule has 1 aliphatic rings. The lowest BCUT2D eigenvalue weighted by molar-refractivity contribution is -0.140. The number of carbonyl (C=O) groups excluding carboxylic acids is 1. The third-order valence-corrected chi connectivity index (χ3v) is 5.38. The molecule has 0 amide bonds. The second-order valence-corrected chi connectivity index (χ2v) is 7.20. The van der Waals surface area contributed by atoms with Crippen LogP contribution in [0.5, 0.6) is 0 Å². The van der Waals surface area contributed by atoms with Crippen LogP contribution in [-0.2, 0) is 14.3 Å². The Hall–Kier alpha value is -2.29. The van der Waals surface area contributed by atoms with Gasteiger partial charge in [-0.15, -0.1) is 11.3 Å². The van der Waals surface area contributed by atoms with Crippen LogP contribution in [0.2, 0.25) is 0 Å². The average molecular weight is 407 g/mol. The van der Waals surface area contributed by atoms with E-state index in [1.54, 1.807) is 24.1 Å². The number of allylic oxidation sites excluding steroid dienone is 1. The Morgan fingerprint density at radius 3 is 2.67 bits per heavy atom. The lowest BCUT2D eigenvalue weighted by Gasteiger charge is -2.37. The third-order valence-electron chi connectivity index (χ3n) is 4.14. The van der Waals surface area contributed by atoms with Gasteiger partial charge < -0.3 is 14.8 Å². The van der Waals surface area contributed by atoms with Gasteiger partial charge in [-0.1, -0.05) is 6.07 Å². The molecule has 5 nitrogen and oxygen atoms in total. The number of esters is 1. The fraction of sp³-hybridized carbons (Fsp3) is 0.263. The third kappa shape index (κ3) is 4.18. The van der Waals surface area contributed by atoms with Crippen LogP contribution < -0.4 is 10.2 Å². The molecule has 0 radical (unpaired) electrons. The standard InChI is InChI=1S/C19H19FN2O3S2/c1-12-16(18(23)25-10-9-24-2)17(15-4-3-11-27-15)21-19(26)22(12)14-7-5-13(20)6-8-14/h3-8,11,17H,9-10H2,1-2H3,(H,21,26)/t17-/m1/s1. The molecule has 142 valence electrons. The van der Waals surface area contributed by atoms with Gasteiger partial charge in [0.2, 0.25) is 0 Å². The number of thiocarbonyl (C=S) groups is 1. The number of anilines is 1. The summed E-state index contributed by atoms with van der Waals surface area (Å²) in [5, 5.41) is 5.59. The highest BCUT2D eigenvalue weighted by Crippen LogP contribution is 2.35. The molecule has 0 fully saturated rings. The summed E-state index contributed by atoms with van der Waals surface area (Å²) in [4.78, 5) is 15.5. The fourth-order valence-corrected chi connectivity index (χ4v) is 4.02. The van der Waals surface area contributed by atoms with Gasteiger partial charge in [-0.25, -0.2) is 9.18 Å². The number of benzene rings is 1. The SMILES string of the molecule is COCCOC(=O)C1=C(C)N(c2ccc(F)cc2)C(=S)N[C@@H]1c1cccs1. The number of carbonyl (C=O) groups is 1. The summed E-state index contributed by atoms with van der Waals surface area (Å²) in [5.74, 6) is -0.781. The predicted octanol–water partition coefficient (Wildman–Crippen LogP) is 3.79. The van der Waals surface area contributed by atoms with Crippen molar-refractivity contribution in [1.82, 2.24) is 5.32 Å². The summed E-state index contributed by atoms with van der Waals surface area (Å²) in [6.07, 6.45) is 0. The van der Waals surface area contributed by atoms with E-state index >= 15 is 0 Å². The number of hydrogen-bond acceptors (Lipinski definition) is 5. The summed E-state index contributed by atoms with van der Waals surface area (Å²) in [6.45, 7) is 2.28. The summed E-state index contributed by atoms with van der Waals surface area (Å²) in [7, 11) is 1.55. The zero-order valence-corrected chi connectivity index (χ0v) is 16.5. The fourth-order valence-electron chi connectivity index (χ4n) is 2.87. The lowest BCUT2D eigenvalue weighted by Crippen LogP contribution is -2.48. The van der Waals surface area contributed by atoms with Crippen LogP contribution >= 0.6 is 23.6 Å². The van der Waals surface area contributed by atoms with E-state index in [2.05, 4.69) is 5.32 Å². The van der Waals surface area contributed by atoms with Gasteiger partial charge in [-0.05, 0) is 54.9 Å². The number of methoxy groups -OCH3 is 1. The van der Waals surface area contributed by atoms with Gasteiger partial charge in [0, 0.05) is 23.4 Å². The van der Waals surface area contributed by atoms with Crippen molar-refractivity contribution < 1.29 is 18.7 Å². The quantitative estimate of drug-likeness (QED) is 0.448. The van der Waals surface area contributed by atoms with Gasteiger partial charge in [0.1, 0.15) is 12.4 Å². The molecule has 1 atom stereocenters. The molecule has 2 heterocycles. The van der Waals surface area contributed by atoms with Crippen LogP contribution in [-0.4, -0.2) is 31.4 Å². The largest absolute Gasteiger partial charge is 0.460 e. The van der Waals surface area contributed by atoms with Crippen molar-refractivity contribution >= 4 is 40.3 Å². The predicted molar refractivity (Wildman–Crippen MR) is 107 cm³/mol. The summed E-state index contributed by atoms with van der Waals surface area (Å²) in [5.41, 5.74) is 1.77. The van der Waals surface area contributed by atoms with Crippen molar-refractivity contribution in [3.05, 3.63) is 63.7 Å². The zero-order chi connectivity index (χ0) is 19.4. The highest BCUT2D eigenvalue weighted by Gasteiger charge is 2.35. The smallest absolute Gasteiger partial charge is 0.338 e. The first-order valence-electron chi connectivity index (χ1n) is 8.29. The van der Waals surface area contributed by atoms with Crippen LogP contribution in [0.25, 0.3) is 0 Å². The van der Waals surface area contributed by atoms with Crippen LogP contribution in [0.4, 0.5) is 10.1 Å². The summed E-state index contributed by atoms with van der Waals surface area (Å²) in [6, 6.07) is 9.40. The minimum Gasteiger partial charge on any atom is -0.460 e. The maximum atomic E-state index is 13.3. The summed E-state index contributed by atoms with van der Waals surface area (Å²) < 4.78 is 23.6. The Balaban J connectivity index is 2.02. The van der Waals surface area contributed by atoms with Crippen LogP contribution in [0.3, 0.4) is 0 Å².